The number of aromatic nitrogens is 3. The number of imidazole rings is 1. The second-order valence-electron chi connectivity index (χ2n) is 7.06. The number of nitrogens with zero attached hydrogens (tertiary/aromatic N) is 3. The van der Waals surface area contributed by atoms with Crippen LogP contribution in [0, 0.1) is 0 Å². The molecule has 0 amide bonds. The molecule has 6 heteroatoms. The molecule has 0 radical (unpaired) electrons. The second-order valence-corrected chi connectivity index (χ2v) is 7.49. The first-order valence-corrected chi connectivity index (χ1v) is 9.73. The van der Waals surface area contributed by atoms with Gasteiger partial charge < -0.3 is 10.5 Å². The number of anilines is 1. The van der Waals surface area contributed by atoms with Crippen LogP contribution in [-0.4, -0.2) is 14.4 Å². The van der Waals surface area contributed by atoms with Crippen molar-refractivity contribution < 1.29 is 4.74 Å². The highest BCUT2D eigenvalue weighted by Crippen LogP contribution is 2.39. The Kier molecular flexibility index (Phi) is 4.17. The van der Waals surface area contributed by atoms with E-state index in [1.165, 1.54) is 19.3 Å². The van der Waals surface area contributed by atoms with E-state index in [9.17, 15) is 0 Å². The predicted molar refractivity (Wildman–Crippen MR) is 111 cm³/mol. The summed E-state index contributed by atoms with van der Waals surface area (Å²) < 4.78 is 7.98. The van der Waals surface area contributed by atoms with E-state index >= 15 is 0 Å². The van der Waals surface area contributed by atoms with Crippen molar-refractivity contribution in [3.63, 3.8) is 0 Å². The molecule has 140 valence electrons. The molecule has 0 atom stereocenters. The van der Waals surface area contributed by atoms with Gasteiger partial charge in [-0.15, -0.1) is 0 Å². The molecule has 0 saturated heterocycles. The Bertz CT molecular complexity index is 1130. The van der Waals surface area contributed by atoms with Crippen LogP contribution in [0.1, 0.15) is 31.0 Å². The maximum absolute atomic E-state index is 6.20. The van der Waals surface area contributed by atoms with E-state index < -0.39 is 0 Å². The molecular weight excluding hydrogens is 372 g/mol. The second kappa shape index (κ2) is 6.84. The highest BCUT2D eigenvalue weighted by Gasteiger charge is 2.26. The Morgan fingerprint density at radius 1 is 1.00 bits per heavy atom. The molecule has 0 bridgehead atoms. The largest absolute Gasteiger partial charge is 0.457 e. The zero-order valence-corrected chi connectivity index (χ0v) is 15.9. The normalized spacial score (nSPS) is 14.2. The van der Waals surface area contributed by atoms with Crippen molar-refractivity contribution in [3.8, 4) is 22.8 Å². The van der Waals surface area contributed by atoms with Gasteiger partial charge in [-0.1, -0.05) is 18.0 Å². The minimum Gasteiger partial charge on any atom is -0.457 e. The molecule has 1 aliphatic rings. The lowest BCUT2D eigenvalue weighted by atomic mass is 9.85. The molecule has 1 fully saturated rings. The number of ether oxygens (including phenoxy) is 1. The van der Waals surface area contributed by atoms with E-state index in [1.807, 2.05) is 42.6 Å². The molecule has 4 aromatic rings. The molecule has 1 saturated carbocycles. The third kappa shape index (κ3) is 2.98. The van der Waals surface area contributed by atoms with Crippen LogP contribution in [0.2, 0.25) is 5.02 Å². The van der Waals surface area contributed by atoms with Gasteiger partial charge in [-0.3, -0.25) is 4.40 Å². The number of hydrogen-bond acceptors (Lipinski definition) is 4. The van der Waals surface area contributed by atoms with E-state index in [1.54, 1.807) is 18.3 Å². The molecule has 0 unspecified atom stereocenters. The Balaban J connectivity index is 1.50. The summed E-state index contributed by atoms with van der Waals surface area (Å²) in [6, 6.07) is 15.2. The van der Waals surface area contributed by atoms with Gasteiger partial charge in [0.25, 0.3) is 0 Å². The van der Waals surface area contributed by atoms with Crippen LogP contribution in [0.4, 0.5) is 5.82 Å². The quantitative estimate of drug-likeness (QED) is 0.486. The monoisotopic (exact) mass is 390 g/mol. The standard InChI is InChI=1S/C22H19ClN4O/c23-16-6-10-18(11-7-16)28-17-8-4-14(5-9-17)19-20-21(24)25-12-13-27(20)22(26-19)15-2-1-3-15/h4-13,15H,1-3H2,(H2,24,25). The van der Waals surface area contributed by atoms with Gasteiger partial charge in [-0.25, -0.2) is 9.97 Å². The van der Waals surface area contributed by atoms with Crippen LogP contribution in [0.25, 0.3) is 16.8 Å². The summed E-state index contributed by atoms with van der Waals surface area (Å²) in [4.78, 5) is 9.23. The molecule has 0 spiro atoms. The van der Waals surface area contributed by atoms with Crippen molar-refractivity contribution in [2.45, 2.75) is 25.2 Å². The fraction of sp³-hybridized carbons (Fsp3) is 0.182. The van der Waals surface area contributed by atoms with E-state index in [0.717, 1.165) is 34.1 Å². The molecule has 5 nitrogen and oxygen atoms in total. The summed E-state index contributed by atoms with van der Waals surface area (Å²) in [6.07, 6.45) is 7.29. The molecule has 2 aromatic heterocycles. The Labute approximate surface area is 167 Å². The molecule has 2 N–H and O–H groups in total. The van der Waals surface area contributed by atoms with Gasteiger partial charge >= 0.3 is 0 Å². The third-order valence-corrected chi connectivity index (χ3v) is 5.51. The van der Waals surface area contributed by atoms with E-state index in [0.29, 0.717) is 16.8 Å². The molecule has 1 aliphatic carbocycles. The fourth-order valence-electron chi connectivity index (χ4n) is 3.56. The minimum absolute atomic E-state index is 0.496. The van der Waals surface area contributed by atoms with Crippen LogP contribution in [0.5, 0.6) is 11.5 Å². The average Bonchev–Trinajstić information content (AvgIpc) is 3.04. The summed E-state index contributed by atoms with van der Waals surface area (Å²) in [6.45, 7) is 0. The maximum Gasteiger partial charge on any atom is 0.150 e. The number of nitrogen functional groups attached to an aromatic ring is 1. The molecule has 0 aliphatic heterocycles. The van der Waals surface area contributed by atoms with Crippen molar-refractivity contribution in [2.24, 2.45) is 0 Å². The van der Waals surface area contributed by atoms with Crippen LogP contribution in [-0.2, 0) is 0 Å². The topological polar surface area (TPSA) is 65.4 Å². The smallest absolute Gasteiger partial charge is 0.150 e. The highest BCUT2D eigenvalue weighted by atomic mass is 35.5. The minimum atomic E-state index is 0.496. The summed E-state index contributed by atoms with van der Waals surface area (Å²) in [5.74, 6) is 3.56. The van der Waals surface area contributed by atoms with Gasteiger partial charge in [-0.2, -0.15) is 0 Å². The highest BCUT2D eigenvalue weighted by molar-refractivity contribution is 6.30. The average molecular weight is 391 g/mol. The van der Waals surface area contributed by atoms with Crippen molar-refractivity contribution in [1.82, 2.24) is 14.4 Å². The maximum atomic E-state index is 6.20. The van der Waals surface area contributed by atoms with Gasteiger partial charge in [0.1, 0.15) is 34.4 Å². The van der Waals surface area contributed by atoms with E-state index in [4.69, 9.17) is 27.1 Å². The first-order valence-electron chi connectivity index (χ1n) is 9.35. The fourth-order valence-corrected chi connectivity index (χ4v) is 3.69. The number of hydrogen-bond donors (Lipinski definition) is 1. The van der Waals surface area contributed by atoms with Crippen LogP contribution < -0.4 is 10.5 Å². The van der Waals surface area contributed by atoms with Crippen LogP contribution in [0.15, 0.2) is 60.9 Å². The zero-order chi connectivity index (χ0) is 19.1. The summed E-state index contributed by atoms with van der Waals surface area (Å²) in [5.41, 5.74) is 8.93. The molecule has 5 rings (SSSR count). The third-order valence-electron chi connectivity index (χ3n) is 5.26. The summed E-state index contributed by atoms with van der Waals surface area (Å²) >= 11 is 5.92. The van der Waals surface area contributed by atoms with Crippen molar-refractivity contribution in [2.75, 3.05) is 5.73 Å². The SMILES string of the molecule is Nc1nccn2c(C3CCC3)nc(-c3ccc(Oc4ccc(Cl)cc4)cc3)c12. The molecular formula is C22H19ClN4O. The van der Waals surface area contributed by atoms with Crippen LogP contribution >= 0.6 is 11.6 Å². The lowest BCUT2D eigenvalue weighted by Gasteiger charge is -2.23. The summed E-state index contributed by atoms with van der Waals surface area (Å²) in [7, 11) is 0. The zero-order valence-electron chi connectivity index (χ0n) is 15.2. The number of fused-ring (bicyclic) bond motifs is 1. The van der Waals surface area contributed by atoms with Crippen LogP contribution in [0.3, 0.4) is 0 Å². The van der Waals surface area contributed by atoms with Gasteiger partial charge in [0.15, 0.2) is 0 Å². The van der Waals surface area contributed by atoms with Gasteiger partial charge in [0.2, 0.25) is 0 Å². The van der Waals surface area contributed by atoms with Gasteiger partial charge in [0, 0.05) is 28.9 Å². The van der Waals surface area contributed by atoms with Crippen molar-refractivity contribution >= 4 is 22.9 Å². The van der Waals surface area contributed by atoms with Crippen molar-refractivity contribution in [1.29, 1.82) is 0 Å². The van der Waals surface area contributed by atoms with E-state index in [2.05, 4.69) is 9.38 Å². The number of halogens is 1. The first kappa shape index (κ1) is 17.1. The number of nitrogens with two attached hydrogens (primary N) is 1. The van der Waals surface area contributed by atoms with Gasteiger partial charge in [-0.05, 0) is 61.4 Å². The molecule has 2 heterocycles. The number of rotatable bonds is 4. The summed E-state index contributed by atoms with van der Waals surface area (Å²) in [5, 5.41) is 0.683. The lowest BCUT2D eigenvalue weighted by molar-refractivity contribution is 0.400. The van der Waals surface area contributed by atoms with E-state index in [-0.39, 0.29) is 0 Å². The lowest BCUT2D eigenvalue weighted by Crippen LogP contribution is -2.12. The first-order chi connectivity index (χ1) is 13.7. The van der Waals surface area contributed by atoms with Gasteiger partial charge in [0.05, 0.1) is 0 Å². The molecule has 28 heavy (non-hydrogen) atoms. The molecule has 2 aromatic carbocycles. The number of benzene rings is 2. The Morgan fingerprint density at radius 2 is 1.68 bits per heavy atom. The predicted octanol–water partition coefficient (Wildman–Crippen LogP) is 5.69. The Hall–Kier alpha value is -3.05. The van der Waals surface area contributed by atoms with Crippen molar-refractivity contribution in [3.05, 3.63) is 71.8 Å². The Morgan fingerprint density at radius 3 is 2.32 bits per heavy atom.